The van der Waals surface area contributed by atoms with Crippen molar-refractivity contribution in [3.8, 4) is 0 Å². The molecule has 4 heteroatoms. The van der Waals surface area contributed by atoms with Gasteiger partial charge in [-0.1, -0.05) is 47.8 Å². The first kappa shape index (κ1) is 15.9. The van der Waals surface area contributed by atoms with Gasteiger partial charge in [0.1, 0.15) is 17.1 Å². The third-order valence-electron chi connectivity index (χ3n) is 3.40. The molecular weight excluding hydrogens is 470 g/mol. The van der Waals surface area contributed by atoms with Crippen LogP contribution in [-0.2, 0) is 0 Å². The molecule has 0 bridgehead atoms. The number of rotatable bonds is 3. The molecule has 0 radical (unpaired) electrons. The SMILES string of the molecule is Brc1ccc([NH+](c2ccc(Br)cc2)c2ccc(Br)cc2)cc1. The molecule has 0 spiro atoms. The molecule has 0 aliphatic heterocycles. The van der Waals surface area contributed by atoms with Crippen LogP contribution in [0.2, 0.25) is 0 Å². The standard InChI is InChI=1S/C18H12Br3N/c19-13-1-7-16(8-2-13)22(17-9-3-14(20)4-10-17)18-11-5-15(21)6-12-18/h1-12H/p+1. The molecular formula is C18H13Br3N+. The molecule has 0 amide bonds. The molecule has 110 valence electrons. The Kier molecular flexibility index (Phi) is 5.14. The fourth-order valence-electron chi connectivity index (χ4n) is 2.35. The van der Waals surface area contributed by atoms with Gasteiger partial charge in [0.05, 0.1) is 0 Å². The monoisotopic (exact) mass is 480 g/mol. The predicted molar refractivity (Wildman–Crippen MR) is 102 cm³/mol. The average Bonchev–Trinajstić information content (AvgIpc) is 2.53. The van der Waals surface area contributed by atoms with Crippen LogP contribution in [0.3, 0.4) is 0 Å². The lowest BCUT2D eigenvalue weighted by atomic mass is 10.2. The number of benzene rings is 3. The number of hydrogen-bond acceptors (Lipinski definition) is 0. The summed E-state index contributed by atoms with van der Waals surface area (Å²) in [5, 5.41) is 0. The second-order valence-corrected chi connectivity index (χ2v) is 7.64. The maximum Gasteiger partial charge on any atom is 0.141 e. The van der Waals surface area contributed by atoms with Crippen molar-refractivity contribution in [2.75, 3.05) is 0 Å². The third-order valence-corrected chi connectivity index (χ3v) is 4.98. The zero-order valence-electron chi connectivity index (χ0n) is 11.6. The van der Waals surface area contributed by atoms with Crippen LogP contribution in [0.4, 0.5) is 17.1 Å². The van der Waals surface area contributed by atoms with E-state index in [1.54, 1.807) is 0 Å². The van der Waals surface area contributed by atoms with Gasteiger partial charge in [0.25, 0.3) is 0 Å². The zero-order chi connectivity index (χ0) is 15.5. The van der Waals surface area contributed by atoms with Crippen LogP contribution in [0.15, 0.2) is 86.2 Å². The highest BCUT2D eigenvalue weighted by Gasteiger charge is 2.18. The van der Waals surface area contributed by atoms with Gasteiger partial charge in [0.2, 0.25) is 0 Å². The van der Waals surface area contributed by atoms with Gasteiger partial charge >= 0.3 is 0 Å². The van der Waals surface area contributed by atoms with Crippen molar-refractivity contribution in [1.29, 1.82) is 0 Å². The molecule has 22 heavy (non-hydrogen) atoms. The van der Waals surface area contributed by atoms with Gasteiger partial charge in [0, 0.05) is 49.8 Å². The maximum atomic E-state index is 3.50. The van der Waals surface area contributed by atoms with E-state index in [0.29, 0.717) is 0 Å². The highest BCUT2D eigenvalue weighted by atomic mass is 79.9. The molecule has 0 aliphatic rings. The lowest BCUT2D eigenvalue weighted by Crippen LogP contribution is -2.96. The van der Waals surface area contributed by atoms with Crippen LogP contribution in [0.5, 0.6) is 0 Å². The van der Waals surface area contributed by atoms with Gasteiger partial charge in [-0.05, 0) is 36.4 Å². The summed E-state index contributed by atoms with van der Waals surface area (Å²) >= 11 is 10.5. The second kappa shape index (κ2) is 7.09. The summed E-state index contributed by atoms with van der Waals surface area (Å²) < 4.78 is 3.26. The van der Waals surface area contributed by atoms with Crippen LogP contribution < -0.4 is 4.90 Å². The summed E-state index contributed by atoms with van der Waals surface area (Å²) in [6, 6.07) is 25.3. The fraction of sp³-hybridized carbons (Fsp3) is 0. The Labute approximate surface area is 155 Å². The Morgan fingerprint density at radius 2 is 0.636 bits per heavy atom. The van der Waals surface area contributed by atoms with Gasteiger partial charge < -0.3 is 0 Å². The van der Waals surface area contributed by atoms with Crippen molar-refractivity contribution in [2.24, 2.45) is 0 Å². The molecule has 0 fully saturated rings. The average molecular weight is 483 g/mol. The minimum atomic E-state index is 1.09. The molecule has 0 heterocycles. The molecule has 0 unspecified atom stereocenters. The van der Waals surface area contributed by atoms with E-state index in [2.05, 4.69) is 121 Å². The first-order valence-corrected chi connectivity index (χ1v) is 9.16. The first-order valence-electron chi connectivity index (χ1n) is 6.78. The van der Waals surface area contributed by atoms with Crippen molar-refractivity contribution >= 4 is 64.9 Å². The minimum Gasteiger partial charge on any atom is -0.238 e. The second-order valence-electron chi connectivity index (χ2n) is 4.90. The first-order chi connectivity index (χ1) is 10.6. The molecule has 3 aromatic rings. The van der Waals surface area contributed by atoms with Crippen molar-refractivity contribution in [3.63, 3.8) is 0 Å². The highest BCUT2D eigenvalue weighted by Crippen LogP contribution is 2.20. The van der Waals surface area contributed by atoms with Crippen molar-refractivity contribution in [3.05, 3.63) is 86.2 Å². The summed E-state index contributed by atoms with van der Waals surface area (Å²) in [7, 11) is 0. The zero-order valence-corrected chi connectivity index (χ0v) is 16.3. The molecule has 1 N–H and O–H groups in total. The van der Waals surface area contributed by atoms with E-state index in [4.69, 9.17) is 0 Å². The van der Waals surface area contributed by atoms with E-state index in [0.717, 1.165) is 13.4 Å². The molecule has 3 rings (SSSR count). The smallest absolute Gasteiger partial charge is 0.141 e. The van der Waals surface area contributed by atoms with E-state index >= 15 is 0 Å². The van der Waals surface area contributed by atoms with E-state index in [9.17, 15) is 0 Å². The number of nitrogens with one attached hydrogen (secondary N) is 1. The van der Waals surface area contributed by atoms with Crippen molar-refractivity contribution in [2.45, 2.75) is 0 Å². The summed E-state index contributed by atoms with van der Waals surface area (Å²) in [6.07, 6.45) is 0. The summed E-state index contributed by atoms with van der Waals surface area (Å²) in [6.45, 7) is 0. The van der Waals surface area contributed by atoms with Gasteiger partial charge in [-0.25, -0.2) is 4.90 Å². The largest absolute Gasteiger partial charge is 0.238 e. The van der Waals surface area contributed by atoms with Gasteiger partial charge in [-0.2, -0.15) is 0 Å². The van der Waals surface area contributed by atoms with Crippen LogP contribution in [0.1, 0.15) is 0 Å². The van der Waals surface area contributed by atoms with Crippen LogP contribution in [-0.4, -0.2) is 0 Å². The van der Waals surface area contributed by atoms with Crippen molar-refractivity contribution in [1.82, 2.24) is 0 Å². The molecule has 0 aliphatic carbocycles. The summed E-state index contributed by atoms with van der Waals surface area (Å²) in [5.74, 6) is 0. The van der Waals surface area contributed by atoms with Gasteiger partial charge in [0.15, 0.2) is 0 Å². The highest BCUT2D eigenvalue weighted by molar-refractivity contribution is 9.11. The van der Waals surface area contributed by atoms with Crippen LogP contribution in [0.25, 0.3) is 0 Å². The lowest BCUT2D eigenvalue weighted by molar-refractivity contribution is -0.681. The van der Waals surface area contributed by atoms with E-state index in [1.807, 2.05) is 0 Å². The molecule has 1 nitrogen and oxygen atoms in total. The fourth-order valence-corrected chi connectivity index (χ4v) is 3.14. The van der Waals surface area contributed by atoms with E-state index < -0.39 is 0 Å². The van der Waals surface area contributed by atoms with Crippen molar-refractivity contribution < 1.29 is 4.90 Å². The lowest BCUT2D eigenvalue weighted by Gasteiger charge is -2.18. The molecule has 0 saturated heterocycles. The molecule has 0 aromatic heterocycles. The van der Waals surface area contributed by atoms with E-state index in [-0.39, 0.29) is 0 Å². The predicted octanol–water partition coefficient (Wildman–Crippen LogP) is 6.15. The third kappa shape index (κ3) is 3.69. The Morgan fingerprint density at radius 1 is 0.409 bits per heavy atom. The minimum absolute atomic E-state index is 1.09. The number of hydrogen-bond donors (Lipinski definition) is 1. The van der Waals surface area contributed by atoms with Crippen LogP contribution in [0, 0.1) is 0 Å². The van der Waals surface area contributed by atoms with Gasteiger partial charge in [-0.3, -0.25) is 0 Å². The quantitative estimate of drug-likeness (QED) is 0.456. The molecule has 3 aromatic carbocycles. The number of quaternary nitrogens is 1. The topological polar surface area (TPSA) is 4.44 Å². The Bertz CT molecular complexity index is 642. The normalized spacial score (nSPS) is 10.9. The Hall–Kier alpha value is -0.940. The number of halogens is 3. The Balaban J connectivity index is 2.10. The maximum absolute atomic E-state index is 3.50. The molecule has 0 atom stereocenters. The van der Waals surface area contributed by atoms with E-state index in [1.165, 1.54) is 22.0 Å². The van der Waals surface area contributed by atoms with Gasteiger partial charge in [-0.15, -0.1) is 0 Å². The molecule has 0 saturated carbocycles. The Morgan fingerprint density at radius 3 is 0.864 bits per heavy atom. The summed E-state index contributed by atoms with van der Waals surface area (Å²) in [5.41, 5.74) is 3.61. The van der Waals surface area contributed by atoms with Crippen LogP contribution >= 0.6 is 47.8 Å². The summed E-state index contributed by atoms with van der Waals surface area (Å²) in [4.78, 5) is 1.23.